The van der Waals surface area contributed by atoms with E-state index in [1.807, 2.05) is 0 Å². The Labute approximate surface area is 124 Å². The first-order chi connectivity index (χ1) is 9.70. The van der Waals surface area contributed by atoms with E-state index in [0.29, 0.717) is 16.1 Å². The van der Waals surface area contributed by atoms with Crippen LogP contribution in [0.5, 0.6) is 0 Å². The second kappa shape index (κ2) is 7.33. The predicted octanol–water partition coefficient (Wildman–Crippen LogP) is 2.75. The van der Waals surface area contributed by atoms with E-state index in [4.69, 9.17) is 16.7 Å². The molecule has 0 aromatic heterocycles. The summed E-state index contributed by atoms with van der Waals surface area (Å²) in [7, 11) is 0. The molecule has 20 heavy (non-hydrogen) atoms. The van der Waals surface area contributed by atoms with Crippen LogP contribution in [-0.2, 0) is 0 Å². The molecule has 0 bridgehead atoms. The minimum atomic E-state index is -0.208. The minimum absolute atomic E-state index is 0.0829. The Balaban J connectivity index is 2.04. The number of carbonyl (C=O) groups excluding carboxylic acids is 1. The summed E-state index contributed by atoms with van der Waals surface area (Å²) in [6.45, 7) is -0.208. The highest BCUT2D eigenvalue weighted by molar-refractivity contribution is 6.32. The Morgan fingerprint density at radius 1 is 1.35 bits per heavy atom. The van der Waals surface area contributed by atoms with Gasteiger partial charge in [0.15, 0.2) is 0 Å². The van der Waals surface area contributed by atoms with Crippen molar-refractivity contribution in [3.8, 4) is 11.8 Å². The van der Waals surface area contributed by atoms with E-state index in [0.717, 1.165) is 12.8 Å². The number of hydrogen-bond donors (Lipinski definition) is 2. The first-order valence-electron chi connectivity index (χ1n) is 6.91. The zero-order chi connectivity index (χ0) is 14.4. The van der Waals surface area contributed by atoms with Crippen LogP contribution in [0.2, 0.25) is 5.02 Å². The third-order valence-corrected chi connectivity index (χ3v) is 3.79. The van der Waals surface area contributed by atoms with Crippen molar-refractivity contribution in [2.75, 3.05) is 6.61 Å². The largest absolute Gasteiger partial charge is 0.384 e. The van der Waals surface area contributed by atoms with E-state index in [2.05, 4.69) is 17.2 Å². The topological polar surface area (TPSA) is 49.3 Å². The van der Waals surface area contributed by atoms with Gasteiger partial charge in [0.05, 0.1) is 5.02 Å². The monoisotopic (exact) mass is 291 g/mol. The number of hydrogen-bond acceptors (Lipinski definition) is 2. The predicted molar refractivity (Wildman–Crippen MR) is 79.8 cm³/mol. The summed E-state index contributed by atoms with van der Waals surface area (Å²) in [5, 5.41) is 12.1. The Hall–Kier alpha value is -1.50. The quantitative estimate of drug-likeness (QED) is 0.823. The summed E-state index contributed by atoms with van der Waals surface area (Å²) >= 11 is 6.09. The highest BCUT2D eigenvalue weighted by Gasteiger charge is 2.17. The molecule has 1 aromatic carbocycles. The normalized spacial score (nSPS) is 15.3. The van der Waals surface area contributed by atoms with Crippen molar-refractivity contribution in [1.29, 1.82) is 0 Å². The van der Waals surface area contributed by atoms with E-state index in [-0.39, 0.29) is 18.6 Å². The van der Waals surface area contributed by atoms with Crippen molar-refractivity contribution in [2.24, 2.45) is 0 Å². The number of aliphatic hydroxyl groups excluding tert-OH is 1. The molecule has 1 fully saturated rings. The molecule has 0 radical (unpaired) electrons. The molecule has 2 N–H and O–H groups in total. The standard InChI is InChI=1S/C16H18ClNO2/c17-15-11-13(9-8-12(15)5-4-10-19)16(20)18-14-6-2-1-3-7-14/h8-9,11,14,19H,1-3,6-7,10H2,(H,18,20). The SMILES string of the molecule is O=C(NC1CCCCC1)c1ccc(C#CCO)c(Cl)c1. The van der Waals surface area contributed by atoms with Crippen LogP contribution in [0.4, 0.5) is 0 Å². The van der Waals surface area contributed by atoms with E-state index in [1.165, 1.54) is 19.3 Å². The number of nitrogens with one attached hydrogen (secondary N) is 1. The molecule has 0 heterocycles. The van der Waals surface area contributed by atoms with Gasteiger partial charge in [0.1, 0.15) is 6.61 Å². The van der Waals surface area contributed by atoms with E-state index in [9.17, 15) is 4.79 Å². The summed E-state index contributed by atoms with van der Waals surface area (Å²) < 4.78 is 0. The minimum Gasteiger partial charge on any atom is -0.384 e. The van der Waals surface area contributed by atoms with Gasteiger partial charge >= 0.3 is 0 Å². The molecule has 106 valence electrons. The van der Waals surface area contributed by atoms with Crippen molar-refractivity contribution in [2.45, 2.75) is 38.1 Å². The fraction of sp³-hybridized carbons (Fsp3) is 0.438. The van der Waals surface area contributed by atoms with Gasteiger partial charge in [-0.2, -0.15) is 0 Å². The molecule has 0 spiro atoms. The molecule has 4 heteroatoms. The van der Waals surface area contributed by atoms with Crippen LogP contribution in [-0.4, -0.2) is 23.7 Å². The molecular weight excluding hydrogens is 274 g/mol. The lowest BCUT2D eigenvalue weighted by Crippen LogP contribution is -2.36. The van der Waals surface area contributed by atoms with Gasteiger partial charge < -0.3 is 10.4 Å². The van der Waals surface area contributed by atoms with Crippen LogP contribution in [0, 0.1) is 11.8 Å². The Kier molecular flexibility index (Phi) is 5.46. The molecule has 1 amide bonds. The fourth-order valence-corrected chi connectivity index (χ4v) is 2.64. The lowest BCUT2D eigenvalue weighted by molar-refractivity contribution is 0.0927. The first kappa shape index (κ1) is 14.9. The number of benzene rings is 1. The molecule has 0 aliphatic heterocycles. The lowest BCUT2D eigenvalue weighted by atomic mass is 9.95. The van der Waals surface area contributed by atoms with Gasteiger partial charge in [-0.1, -0.05) is 42.7 Å². The summed E-state index contributed by atoms with van der Waals surface area (Å²) in [4.78, 5) is 12.1. The second-order valence-electron chi connectivity index (χ2n) is 4.96. The van der Waals surface area contributed by atoms with Crippen molar-refractivity contribution >= 4 is 17.5 Å². The summed E-state index contributed by atoms with van der Waals surface area (Å²) in [6, 6.07) is 5.33. The van der Waals surface area contributed by atoms with Crippen LogP contribution in [0.1, 0.15) is 48.0 Å². The van der Waals surface area contributed by atoms with E-state index < -0.39 is 0 Å². The highest BCUT2D eigenvalue weighted by atomic mass is 35.5. The third-order valence-electron chi connectivity index (χ3n) is 3.47. The number of aliphatic hydroxyl groups is 1. The molecule has 3 nitrogen and oxygen atoms in total. The average Bonchev–Trinajstić information content (AvgIpc) is 2.47. The highest BCUT2D eigenvalue weighted by Crippen LogP contribution is 2.20. The maximum Gasteiger partial charge on any atom is 0.251 e. The summed E-state index contributed by atoms with van der Waals surface area (Å²) in [5.41, 5.74) is 1.17. The van der Waals surface area contributed by atoms with Gasteiger partial charge in [-0.25, -0.2) is 0 Å². The van der Waals surface area contributed by atoms with Crippen LogP contribution in [0.25, 0.3) is 0 Å². The van der Waals surface area contributed by atoms with Crippen LogP contribution >= 0.6 is 11.6 Å². The van der Waals surface area contributed by atoms with E-state index >= 15 is 0 Å². The molecule has 1 aliphatic rings. The van der Waals surface area contributed by atoms with Gasteiger partial charge in [0.2, 0.25) is 0 Å². The van der Waals surface area contributed by atoms with Crippen LogP contribution in [0.3, 0.4) is 0 Å². The maximum atomic E-state index is 12.1. The first-order valence-corrected chi connectivity index (χ1v) is 7.28. The molecule has 0 atom stereocenters. The van der Waals surface area contributed by atoms with Crippen molar-refractivity contribution in [1.82, 2.24) is 5.32 Å². The molecule has 0 unspecified atom stereocenters. The Bertz CT molecular complexity index is 539. The third kappa shape index (κ3) is 4.00. The zero-order valence-electron chi connectivity index (χ0n) is 11.3. The fourth-order valence-electron chi connectivity index (χ4n) is 2.41. The number of amides is 1. The van der Waals surface area contributed by atoms with Crippen molar-refractivity contribution in [3.05, 3.63) is 34.3 Å². The van der Waals surface area contributed by atoms with Crippen LogP contribution < -0.4 is 5.32 Å². The van der Waals surface area contributed by atoms with Gasteiger partial charge in [-0.3, -0.25) is 4.79 Å². The van der Waals surface area contributed by atoms with Crippen molar-refractivity contribution < 1.29 is 9.90 Å². The number of carbonyl (C=O) groups is 1. The maximum absolute atomic E-state index is 12.1. The molecule has 2 rings (SSSR count). The molecular formula is C16H18ClNO2. The second-order valence-corrected chi connectivity index (χ2v) is 5.37. The zero-order valence-corrected chi connectivity index (χ0v) is 12.0. The van der Waals surface area contributed by atoms with E-state index in [1.54, 1.807) is 18.2 Å². The van der Waals surface area contributed by atoms with Gasteiger partial charge in [0, 0.05) is 17.2 Å². The molecule has 1 aromatic rings. The lowest BCUT2D eigenvalue weighted by Gasteiger charge is -2.22. The van der Waals surface area contributed by atoms with Crippen LogP contribution in [0.15, 0.2) is 18.2 Å². The summed E-state index contributed by atoms with van der Waals surface area (Å²) in [6.07, 6.45) is 5.73. The smallest absolute Gasteiger partial charge is 0.251 e. The van der Waals surface area contributed by atoms with Gasteiger partial charge in [0.25, 0.3) is 5.91 Å². The van der Waals surface area contributed by atoms with Gasteiger partial charge in [-0.05, 0) is 31.0 Å². The number of halogens is 1. The molecule has 0 saturated heterocycles. The van der Waals surface area contributed by atoms with Gasteiger partial charge in [-0.15, -0.1) is 0 Å². The molecule has 1 saturated carbocycles. The Morgan fingerprint density at radius 3 is 2.75 bits per heavy atom. The molecule has 1 aliphatic carbocycles. The summed E-state index contributed by atoms with van der Waals surface area (Å²) in [5.74, 6) is 5.20. The average molecular weight is 292 g/mol. The number of rotatable bonds is 2. The Morgan fingerprint density at radius 2 is 2.10 bits per heavy atom. The van der Waals surface area contributed by atoms with Crippen molar-refractivity contribution in [3.63, 3.8) is 0 Å².